The van der Waals surface area contributed by atoms with Crippen LogP contribution in [0.4, 0.5) is 16.2 Å². The normalized spacial score (nSPS) is 17.9. The smallest absolute Gasteiger partial charge is 0.321 e. The van der Waals surface area contributed by atoms with Crippen LogP contribution in [0.15, 0.2) is 64.2 Å². The van der Waals surface area contributed by atoms with E-state index in [0.717, 1.165) is 11.3 Å². The van der Waals surface area contributed by atoms with Gasteiger partial charge in [-0.15, -0.1) is 11.3 Å². The molecule has 3 amide bonds. The number of anilines is 2. The maximum atomic E-state index is 13.6. The second-order valence-corrected chi connectivity index (χ2v) is 12.8. The molecule has 11 nitrogen and oxygen atoms in total. The average Bonchev–Trinajstić information content (AvgIpc) is 3.51. The van der Waals surface area contributed by atoms with Crippen molar-refractivity contribution in [1.29, 1.82) is 0 Å². The van der Waals surface area contributed by atoms with Gasteiger partial charge in [-0.1, -0.05) is 13.0 Å². The molecule has 41 heavy (non-hydrogen) atoms. The molecule has 220 valence electrons. The zero-order chi connectivity index (χ0) is 29.7. The lowest BCUT2D eigenvalue weighted by atomic mass is 9.99. The van der Waals surface area contributed by atoms with Gasteiger partial charge in [-0.05, 0) is 60.8 Å². The second-order valence-electron chi connectivity index (χ2n) is 9.91. The first-order valence-corrected chi connectivity index (χ1v) is 15.3. The number of rotatable bonds is 9. The van der Waals surface area contributed by atoms with Crippen molar-refractivity contribution in [2.24, 2.45) is 5.92 Å². The highest BCUT2D eigenvalue weighted by Gasteiger charge is 2.34. The van der Waals surface area contributed by atoms with Crippen molar-refractivity contribution in [2.75, 3.05) is 43.9 Å². The van der Waals surface area contributed by atoms with Crippen LogP contribution in [0.2, 0.25) is 0 Å². The zero-order valence-corrected chi connectivity index (χ0v) is 24.9. The third-order valence-corrected chi connectivity index (χ3v) is 9.60. The molecule has 3 atom stereocenters. The lowest BCUT2D eigenvalue weighted by Crippen LogP contribution is -2.50. The van der Waals surface area contributed by atoms with Gasteiger partial charge < -0.3 is 29.7 Å². The summed E-state index contributed by atoms with van der Waals surface area (Å²) in [6.45, 7) is 3.85. The Balaban J connectivity index is 1.58. The van der Waals surface area contributed by atoms with Crippen LogP contribution in [0.3, 0.4) is 0 Å². The summed E-state index contributed by atoms with van der Waals surface area (Å²) in [7, 11) is -0.620. The van der Waals surface area contributed by atoms with Gasteiger partial charge in [-0.3, -0.25) is 9.52 Å². The number of ether oxygens (including phenoxy) is 2. The van der Waals surface area contributed by atoms with E-state index in [2.05, 4.69) is 10.0 Å². The fourth-order valence-electron chi connectivity index (χ4n) is 4.37. The molecule has 0 radical (unpaired) electrons. The largest absolute Gasteiger partial charge is 0.497 e. The number of hydrogen-bond donors (Lipinski definition) is 3. The third kappa shape index (κ3) is 7.10. The summed E-state index contributed by atoms with van der Waals surface area (Å²) in [6.07, 6.45) is -0.518. The van der Waals surface area contributed by atoms with Crippen LogP contribution in [0.1, 0.15) is 24.2 Å². The van der Waals surface area contributed by atoms with Crippen molar-refractivity contribution in [2.45, 2.75) is 30.2 Å². The Bertz CT molecular complexity index is 1460. The summed E-state index contributed by atoms with van der Waals surface area (Å²) in [5.41, 5.74) is 0.955. The highest BCUT2D eigenvalue weighted by molar-refractivity contribution is 7.94. The zero-order valence-electron chi connectivity index (χ0n) is 23.2. The number of fused-ring (bicyclic) bond motifs is 1. The summed E-state index contributed by atoms with van der Waals surface area (Å²) >= 11 is 1.08. The highest BCUT2D eigenvalue weighted by atomic mass is 32.2. The molecule has 1 aliphatic heterocycles. The van der Waals surface area contributed by atoms with Gasteiger partial charge in [0, 0.05) is 30.9 Å². The number of methoxy groups -OCH3 is 1. The SMILES string of the molecule is COc1ccc(NC(=O)N(C)C[C@H]2Oc3ccc(NS(=O)(=O)c4cccs4)cc3C(=O)N([C@H](C)CO)C[C@H]2C)cc1. The van der Waals surface area contributed by atoms with Gasteiger partial charge in [0.15, 0.2) is 0 Å². The molecule has 2 aromatic carbocycles. The number of urea groups is 1. The maximum absolute atomic E-state index is 13.6. The number of nitrogens with zero attached hydrogens (tertiary/aromatic N) is 2. The average molecular weight is 603 g/mol. The minimum atomic E-state index is -3.83. The fraction of sp³-hybridized carbons (Fsp3) is 0.357. The molecule has 1 aliphatic rings. The monoisotopic (exact) mass is 602 g/mol. The van der Waals surface area contributed by atoms with E-state index in [1.807, 2.05) is 6.92 Å². The summed E-state index contributed by atoms with van der Waals surface area (Å²) in [5.74, 6) is 0.319. The van der Waals surface area contributed by atoms with E-state index in [1.165, 1.54) is 23.1 Å². The number of benzene rings is 2. The highest BCUT2D eigenvalue weighted by Crippen LogP contribution is 2.32. The Kier molecular flexibility index (Phi) is 9.41. The molecule has 0 aliphatic carbocycles. The van der Waals surface area contributed by atoms with Gasteiger partial charge in [0.2, 0.25) is 0 Å². The minimum Gasteiger partial charge on any atom is -0.497 e. The quantitative estimate of drug-likeness (QED) is 0.337. The van der Waals surface area contributed by atoms with Crippen LogP contribution < -0.4 is 19.5 Å². The van der Waals surface area contributed by atoms with Crippen molar-refractivity contribution < 1.29 is 32.6 Å². The first-order valence-electron chi connectivity index (χ1n) is 13.0. The molecule has 0 fully saturated rings. The van der Waals surface area contributed by atoms with Gasteiger partial charge in [0.25, 0.3) is 15.9 Å². The number of aliphatic hydroxyl groups is 1. The number of amides is 3. The molecule has 0 saturated heterocycles. The molecule has 0 saturated carbocycles. The number of thiophene rings is 1. The maximum Gasteiger partial charge on any atom is 0.321 e. The standard InChI is InChI=1S/C28H34N4O7S2/c1-18-15-32(19(2)17-33)27(34)23-14-21(30-41(36,37)26-6-5-13-40-26)9-12-24(23)39-25(18)16-31(3)28(35)29-20-7-10-22(38-4)11-8-20/h5-14,18-19,25,30,33H,15-17H2,1-4H3,(H,29,35)/t18-,19-,25-/m1/s1. The predicted octanol–water partition coefficient (Wildman–Crippen LogP) is 3.94. The summed E-state index contributed by atoms with van der Waals surface area (Å²) in [5, 5.41) is 14.4. The number of hydrogen-bond acceptors (Lipinski definition) is 8. The molecule has 1 aromatic heterocycles. The molecular formula is C28H34N4O7S2. The third-order valence-electron chi connectivity index (χ3n) is 6.82. The summed E-state index contributed by atoms with van der Waals surface area (Å²) in [4.78, 5) is 29.7. The van der Waals surface area contributed by atoms with E-state index in [0.29, 0.717) is 11.4 Å². The van der Waals surface area contributed by atoms with E-state index in [9.17, 15) is 23.1 Å². The van der Waals surface area contributed by atoms with Crippen LogP contribution >= 0.6 is 11.3 Å². The van der Waals surface area contributed by atoms with Crippen LogP contribution in [0.25, 0.3) is 0 Å². The number of aliphatic hydroxyl groups excluding tert-OH is 1. The predicted molar refractivity (Wildman–Crippen MR) is 157 cm³/mol. The molecule has 3 N–H and O–H groups in total. The minimum absolute atomic E-state index is 0.146. The lowest BCUT2D eigenvalue weighted by molar-refractivity contribution is 0.0371. The lowest BCUT2D eigenvalue weighted by Gasteiger charge is -2.38. The molecule has 0 unspecified atom stereocenters. The van der Waals surface area contributed by atoms with Crippen LogP contribution in [0, 0.1) is 5.92 Å². The number of carbonyl (C=O) groups is 2. The Hall–Kier alpha value is -3.81. The van der Waals surface area contributed by atoms with Crippen molar-refractivity contribution in [3.63, 3.8) is 0 Å². The topological polar surface area (TPSA) is 138 Å². The van der Waals surface area contributed by atoms with E-state index >= 15 is 0 Å². The number of sulfonamides is 1. The van der Waals surface area contributed by atoms with Crippen molar-refractivity contribution >= 4 is 44.7 Å². The summed E-state index contributed by atoms with van der Waals surface area (Å²) < 4.78 is 39.7. The summed E-state index contributed by atoms with van der Waals surface area (Å²) in [6, 6.07) is 13.8. The van der Waals surface area contributed by atoms with Crippen LogP contribution in [0.5, 0.6) is 11.5 Å². The van der Waals surface area contributed by atoms with Gasteiger partial charge in [0.05, 0.1) is 31.9 Å². The Morgan fingerprint density at radius 2 is 1.93 bits per heavy atom. The fourth-order valence-corrected chi connectivity index (χ4v) is 6.41. The van der Waals surface area contributed by atoms with Crippen LogP contribution in [-0.4, -0.2) is 81.3 Å². The van der Waals surface area contributed by atoms with Crippen molar-refractivity contribution in [1.82, 2.24) is 9.80 Å². The first kappa shape index (κ1) is 30.2. The molecule has 2 heterocycles. The van der Waals surface area contributed by atoms with E-state index in [1.54, 1.807) is 67.8 Å². The Labute approximate surface area is 243 Å². The van der Waals surface area contributed by atoms with Gasteiger partial charge in [-0.25, -0.2) is 13.2 Å². The van der Waals surface area contributed by atoms with E-state index in [-0.39, 0.29) is 52.9 Å². The van der Waals surface area contributed by atoms with Crippen molar-refractivity contribution in [3.8, 4) is 11.5 Å². The second kappa shape index (κ2) is 12.8. The van der Waals surface area contributed by atoms with E-state index < -0.39 is 28.1 Å². The Morgan fingerprint density at radius 3 is 2.56 bits per heavy atom. The van der Waals surface area contributed by atoms with Gasteiger partial charge >= 0.3 is 6.03 Å². The van der Waals surface area contributed by atoms with E-state index in [4.69, 9.17) is 9.47 Å². The number of likely N-dealkylation sites (N-methyl/N-ethyl adjacent to an activating group) is 1. The molecule has 4 rings (SSSR count). The molecule has 13 heteroatoms. The number of carbonyl (C=O) groups excluding carboxylic acids is 2. The molecular weight excluding hydrogens is 568 g/mol. The Morgan fingerprint density at radius 1 is 1.22 bits per heavy atom. The van der Waals surface area contributed by atoms with Crippen LogP contribution in [-0.2, 0) is 10.0 Å². The van der Waals surface area contributed by atoms with Gasteiger partial charge in [0.1, 0.15) is 21.8 Å². The molecule has 0 spiro atoms. The first-order chi connectivity index (χ1) is 19.5. The van der Waals surface area contributed by atoms with Crippen molar-refractivity contribution in [3.05, 3.63) is 65.5 Å². The van der Waals surface area contributed by atoms with Gasteiger partial charge in [-0.2, -0.15) is 0 Å². The number of nitrogens with one attached hydrogen (secondary N) is 2. The molecule has 3 aromatic rings. The molecule has 0 bridgehead atoms.